The fourth-order valence-corrected chi connectivity index (χ4v) is 1.21. The first-order valence-electron chi connectivity index (χ1n) is 4.22. The summed E-state index contributed by atoms with van der Waals surface area (Å²) >= 11 is 5.35. The molecular formula is C11H11ClO2. The molecule has 0 aliphatic carbocycles. The summed E-state index contributed by atoms with van der Waals surface area (Å²) in [7, 11) is 0. The van der Waals surface area contributed by atoms with Crippen molar-refractivity contribution in [3.05, 3.63) is 40.9 Å². The van der Waals surface area contributed by atoms with Gasteiger partial charge in [0.25, 0.3) is 0 Å². The Hall–Kier alpha value is -1.28. The summed E-state index contributed by atoms with van der Waals surface area (Å²) in [5.41, 5.74) is 2.89. The number of aldehydes is 1. The quantitative estimate of drug-likeness (QED) is 0.715. The van der Waals surface area contributed by atoms with Gasteiger partial charge in [-0.1, -0.05) is 23.7 Å². The summed E-state index contributed by atoms with van der Waals surface area (Å²) in [5.74, 6) is 0.622. The molecule has 0 saturated carbocycles. The molecule has 1 rings (SSSR count). The largest absolute Gasteiger partial charge is 0.488 e. The van der Waals surface area contributed by atoms with Crippen LogP contribution >= 0.6 is 11.6 Å². The monoisotopic (exact) mass is 210 g/mol. The second-order valence-electron chi connectivity index (χ2n) is 2.78. The molecule has 0 radical (unpaired) electrons. The summed E-state index contributed by atoms with van der Waals surface area (Å²) < 4.78 is 5.40. The standard InChI is InChI=1S/C11H11ClO2/c1-9-4-2-5-10(8-13)11(9)14-7-3-6-12/h2-6,8H,7H2,1H3/b6-3+. The van der Waals surface area contributed by atoms with E-state index in [0.717, 1.165) is 11.8 Å². The second kappa shape index (κ2) is 5.45. The average molecular weight is 211 g/mol. The first kappa shape index (κ1) is 10.8. The van der Waals surface area contributed by atoms with Crippen LogP contribution in [0, 0.1) is 6.92 Å². The minimum atomic E-state index is 0.370. The fourth-order valence-electron chi connectivity index (χ4n) is 1.13. The average Bonchev–Trinajstić information content (AvgIpc) is 2.20. The molecule has 0 bridgehead atoms. The Bertz CT molecular complexity index is 345. The number of aryl methyl sites for hydroxylation is 1. The van der Waals surface area contributed by atoms with E-state index >= 15 is 0 Å². The van der Waals surface area contributed by atoms with Gasteiger partial charge in [-0.2, -0.15) is 0 Å². The van der Waals surface area contributed by atoms with E-state index in [1.54, 1.807) is 12.1 Å². The molecule has 0 N–H and O–H groups in total. The van der Waals surface area contributed by atoms with Gasteiger partial charge in [0.1, 0.15) is 12.4 Å². The van der Waals surface area contributed by atoms with Gasteiger partial charge in [0.2, 0.25) is 0 Å². The summed E-state index contributed by atoms with van der Waals surface area (Å²) in [4.78, 5) is 10.7. The molecule has 3 heteroatoms. The molecule has 1 aromatic carbocycles. The van der Waals surface area contributed by atoms with Crippen LogP contribution in [0.2, 0.25) is 0 Å². The summed E-state index contributed by atoms with van der Waals surface area (Å²) in [5, 5.41) is 0. The molecule has 0 aliphatic rings. The highest BCUT2D eigenvalue weighted by Gasteiger charge is 2.04. The SMILES string of the molecule is Cc1cccc(C=O)c1OC/C=C/Cl. The van der Waals surface area contributed by atoms with Crippen LogP contribution < -0.4 is 4.74 Å². The molecule has 0 atom stereocenters. The molecule has 0 spiro atoms. The third-order valence-corrected chi connectivity index (χ3v) is 1.96. The molecule has 0 amide bonds. The molecule has 14 heavy (non-hydrogen) atoms. The van der Waals surface area contributed by atoms with Gasteiger partial charge in [-0.25, -0.2) is 0 Å². The third-order valence-electron chi connectivity index (χ3n) is 1.78. The van der Waals surface area contributed by atoms with Gasteiger partial charge < -0.3 is 4.74 Å². The van der Waals surface area contributed by atoms with Crippen LogP contribution in [0.3, 0.4) is 0 Å². The van der Waals surface area contributed by atoms with Crippen molar-refractivity contribution in [2.24, 2.45) is 0 Å². The Morgan fingerprint density at radius 1 is 1.50 bits per heavy atom. The maximum Gasteiger partial charge on any atom is 0.153 e. The van der Waals surface area contributed by atoms with E-state index in [2.05, 4.69) is 0 Å². The number of carbonyl (C=O) groups is 1. The summed E-state index contributed by atoms with van der Waals surface area (Å²) in [6, 6.07) is 5.44. The minimum absolute atomic E-state index is 0.370. The van der Waals surface area contributed by atoms with Crippen LogP contribution in [0.25, 0.3) is 0 Å². The molecule has 1 aromatic rings. The summed E-state index contributed by atoms with van der Waals surface area (Å²) in [6.45, 7) is 2.27. The van der Waals surface area contributed by atoms with E-state index in [1.807, 2.05) is 19.1 Å². The Kier molecular flexibility index (Phi) is 4.20. The van der Waals surface area contributed by atoms with Gasteiger partial charge in [0.05, 0.1) is 5.56 Å². The van der Waals surface area contributed by atoms with Crippen molar-refractivity contribution in [2.45, 2.75) is 6.92 Å². The van der Waals surface area contributed by atoms with Crippen LogP contribution in [0.4, 0.5) is 0 Å². The van der Waals surface area contributed by atoms with Gasteiger partial charge in [-0.15, -0.1) is 0 Å². The van der Waals surface area contributed by atoms with E-state index in [1.165, 1.54) is 5.54 Å². The number of para-hydroxylation sites is 1. The molecule has 0 aromatic heterocycles. The zero-order chi connectivity index (χ0) is 10.4. The van der Waals surface area contributed by atoms with Gasteiger partial charge in [0.15, 0.2) is 6.29 Å². The van der Waals surface area contributed by atoms with Crippen molar-refractivity contribution in [3.63, 3.8) is 0 Å². The molecular weight excluding hydrogens is 200 g/mol. The van der Waals surface area contributed by atoms with Crippen LogP contribution in [-0.2, 0) is 0 Å². The number of halogens is 1. The maximum absolute atomic E-state index is 10.7. The molecule has 0 fully saturated rings. The zero-order valence-electron chi connectivity index (χ0n) is 7.87. The van der Waals surface area contributed by atoms with Gasteiger partial charge in [-0.05, 0) is 24.6 Å². The Morgan fingerprint density at radius 2 is 2.29 bits per heavy atom. The predicted molar refractivity (Wildman–Crippen MR) is 57.1 cm³/mol. The molecule has 2 nitrogen and oxygen atoms in total. The molecule has 0 saturated heterocycles. The smallest absolute Gasteiger partial charge is 0.153 e. The van der Waals surface area contributed by atoms with Crippen molar-refractivity contribution in [1.29, 1.82) is 0 Å². The van der Waals surface area contributed by atoms with Crippen molar-refractivity contribution >= 4 is 17.9 Å². The number of benzene rings is 1. The lowest BCUT2D eigenvalue weighted by Crippen LogP contribution is -1.98. The van der Waals surface area contributed by atoms with Crippen LogP contribution in [0.5, 0.6) is 5.75 Å². The topological polar surface area (TPSA) is 26.3 Å². The van der Waals surface area contributed by atoms with Crippen LogP contribution in [0.1, 0.15) is 15.9 Å². The summed E-state index contributed by atoms with van der Waals surface area (Å²) in [6.07, 6.45) is 2.45. The molecule has 0 unspecified atom stereocenters. The lowest BCUT2D eigenvalue weighted by Gasteiger charge is -2.08. The van der Waals surface area contributed by atoms with E-state index in [-0.39, 0.29) is 0 Å². The van der Waals surface area contributed by atoms with Crippen molar-refractivity contribution in [3.8, 4) is 5.75 Å². The zero-order valence-corrected chi connectivity index (χ0v) is 8.62. The first-order valence-corrected chi connectivity index (χ1v) is 4.66. The fraction of sp³-hybridized carbons (Fsp3) is 0.182. The minimum Gasteiger partial charge on any atom is -0.488 e. The Balaban J connectivity index is 2.87. The van der Waals surface area contributed by atoms with Crippen molar-refractivity contribution in [2.75, 3.05) is 6.61 Å². The molecule has 0 heterocycles. The van der Waals surface area contributed by atoms with E-state index in [4.69, 9.17) is 16.3 Å². The highest BCUT2D eigenvalue weighted by atomic mass is 35.5. The van der Waals surface area contributed by atoms with E-state index < -0.39 is 0 Å². The van der Waals surface area contributed by atoms with Gasteiger partial charge in [-0.3, -0.25) is 4.79 Å². The molecule has 0 aliphatic heterocycles. The second-order valence-corrected chi connectivity index (χ2v) is 3.04. The maximum atomic E-state index is 10.7. The number of hydrogen-bond acceptors (Lipinski definition) is 2. The predicted octanol–water partition coefficient (Wildman–Crippen LogP) is 2.94. The number of ether oxygens (including phenoxy) is 1. The number of carbonyl (C=O) groups excluding carboxylic acids is 1. The first-order chi connectivity index (χ1) is 6.79. The van der Waals surface area contributed by atoms with Crippen LogP contribution in [-0.4, -0.2) is 12.9 Å². The lowest BCUT2D eigenvalue weighted by atomic mass is 10.1. The lowest BCUT2D eigenvalue weighted by molar-refractivity contribution is 0.112. The Labute approximate surface area is 88.1 Å². The van der Waals surface area contributed by atoms with E-state index in [0.29, 0.717) is 17.9 Å². The highest BCUT2D eigenvalue weighted by molar-refractivity contribution is 6.25. The van der Waals surface area contributed by atoms with Crippen LogP contribution in [0.15, 0.2) is 29.8 Å². The van der Waals surface area contributed by atoms with Crippen molar-refractivity contribution in [1.82, 2.24) is 0 Å². The van der Waals surface area contributed by atoms with Crippen molar-refractivity contribution < 1.29 is 9.53 Å². The number of rotatable bonds is 4. The Morgan fingerprint density at radius 3 is 2.93 bits per heavy atom. The van der Waals surface area contributed by atoms with Gasteiger partial charge >= 0.3 is 0 Å². The number of hydrogen-bond donors (Lipinski definition) is 0. The van der Waals surface area contributed by atoms with E-state index in [9.17, 15) is 4.79 Å². The third kappa shape index (κ3) is 2.60. The van der Waals surface area contributed by atoms with Gasteiger partial charge in [0, 0.05) is 5.54 Å². The normalized spacial score (nSPS) is 10.4. The highest BCUT2D eigenvalue weighted by Crippen LogP contribution is 2.21. The molecule has 74 valence electrons.